The van der Waals surface area contributed by atoms with Gasteiger partial charge in [0.15, 0.2) is 11.5 Å². The summed E-state index contributed by atoms with van der Waals surface area (Å²) in [6, 6.07) is 19.4. The van der Waals surface area contributed by atoms with E-state index in [1.54, 1.807) is 44.2 Å². The number of benzene rings is 3. The summed E-state index contributed by atoms with van der Waals surface area (Å²) in [6.07, 6.45) is 0. The molecule has 39 heavy (non-hydrogen) atoms. The minimum Gasteiger partial charge on any atom is -0.493 e. The van der Waals surface area contributed by atoms with Gasteiger partial charge in [0, 0.05) is 19.2 Å². The van der Waals surface area contributed by atoms with Crippen LogP contribution in [0.2, 0.25) is 0 Å². The zero-order valence-corrected chi connectivity index (χ0v) is 23.7. The summed E-state index contributed by atoms with van der Waals surface area (Å²) in [4.78, 5) is 27.9. The fraction of sp³-hybridized carbons (Fsp3) is 0.310. The van der Waals surface area contributed by atoms with Crippen LogP contribution in [-0.4, -0.2) is 58.5 Å². The second-order valence-electron chi connectivity index (χ2n) is 8.94. The normalized spacial score (nSPS) is 11.8. The Bertz CT molecular complexity index is 1380. The molecule has 0 aliphatic carbocycles. The van der Waals surface area contributed by atoms with Crippen molar-refractivity contribution in [2.75, 3.05) is 31.6 Å². The van der Waals surface area contributed by atoms with Crippen molar-refractivity contribution < 1.29 is 27.5 Å². The van der Waals surface area contributed by atoms with Gasteiger partial charge in [0.25, 0.3) is 10.0 Å². The van der Waals surface area contributed by atoms with Crippen LogP contribution in [0, 0.1) is 6.92 Å². The summed E-state index contributed by atoms with van der Waals surface area (Å²) in [6.45, 7) is 5.41. The topological polar surface area (TPSA) is 105 Å². The first-order valence-electron chi connectivity index (χ1n) is 12.5. The van der Waals surface area contributed by atoms with E-state index in [4.69, 9.17) is 9.47 Å². The largest absolute Gasteiger partial charge is 0.493 e. The molecule has 1 atom stereocenters. The number of ether oxygens (including phenoxy) is 2. The van der Waals surface area contributed by atoms with E-state index in [2.05, 4.69) is 5.32 Å². The molecule has 2 amide bonds. The van der Waals surface area contributed by atoms with Crippen molar-refractivity contribution in [3.05, 3.63) is 83.9 Å². The number of aryl methyl sites for hydroxylation is 1. The van der Waals surface area contributed by atoms with E-state index in [0.29, 0.717) is 18.0 Å². The molecule has 0 heterocycles. The molecule has 10 heteroatoms. The molecule has 3 rings (SSSR count). The third-order valence-electron chi connectivity index (χ3n) is 6.26. The van der Waals surface area contributed by atoms with E-state index in [1.165, 1.54) is 37.3 Å². The van der Waals surface area contributed by atoms with Gasteiger partial charge in [-0.2, -0.15) is 0 Å². The minimum absolute atomic E-state index is 0.0707. The van der Waals surface area contributed by atoms with Crippen molar-refractivity contribution >= 4 is 27.5 Å². The van der Waals surface area contributed by atoms with Crippen molar-refractivity contribution in [2.45, 2.75) is 38.3 Å². The smallest absolute Gasteiger partial charge is 0.264 e. The summed E-state index contributed by atoms with van der Waals surface area (Å²) < 4.78 is 39.5. The van der Waals surface area contributed by atoms with Crippen LogP contribution in [-0.2, 0) is 26.2 Å². The fourth-order valence-corrected chi connectivity index (χ4v) is 5.45. The first-order valence-corrected chi connectivity index (χ1v) is 14.0. The van der Waals surface area contributed by atoms with E-state index in [9.17, 15) is 18.0 Å². The first kappa shape index (κ1) is 29.5. The van der Waals surface area contributed by atoms with E-state index < -0.39 is 28.5 Å². The van der Waals surface area contributed by atoms with E-state index in [0.717, 1.165) is 15.4 Å². The molecular formula is C29H35N3O6S. The van der Waals surface area contributed by atoms with Crippen molar-refractivity contribution in [3.63, 3.8) is 0 Å². The number of likely N-dealkylation sites (N-methyl/N-ethyl adjacent to an activating group) is 1. The lowest BCUT2D eigenvalue weighted by molar-refractivity contribution is -0.139. The van der Waals surface area contributed by atoms with E-state index in [-0.39, 0.29) is 23.1 Å². The van der Waals surface area contributed by atoms with Crippen molar-refractivity contribution in [2.24, 2.45) is 0 Å². The molecule has 0 saturated carbocycles. The highest BCUT2D eigenvalue weighted by atomic mass is 32.2. The van der Waals surface area contributed by atoms with Crippen LogP contribution in [0.15, 0.2) is 77.7 Å². The third-order valence-corrected chi connectivity index (χ3v) is 8.03. The van der Waals surface area contributed by atoms with Gasteiger partial charge in [-0.25, -0.2) is 8.42 Å². The van der Waals surface area contributed by atoms with Crippen molar-refractivity contribution in [1.82, 2.24) is 10.2 Å². The molecule has 3 aromatic rings. The average molecular weight is 554 g/mol. The van der Waals surface area contributed by atoms with Crippen LogP contribution >= 0.6 is 0 Å². The van der Waals surface area contributed by atoms with Gasteiger partial charge in [-0.1, -0.05) is 48.0 Å². The minimum atomic E-state index is -4.23. The Morgan fingerprint density at radius 2 is 1.56 bits per heavy atom. The second kappa shape index (κ2) is 13.1. The molecule has 0 fully saturated rings. The first-order chi connectivity index (χ1) is 18.6. The molecule has 0 aliphatic rings. The lowest BCUT2D eigenvalue weighted by Gasteiger charge is -2.32. The van der Waals surface area contributed by atoms with Gasteiger partial charge in [-0.15, -0.1) is 0 Å². The predicted octanol–water partition coefficient (Wildman–Crippen LogP) is 3.76. The highest BCUT2D eigenvalue weighted by molar-refractivity contribution is 7.92. The van der Waals surface area contributed by atoms with Crippen LogP contribution in [0.3, 0.4) is 0 Å². The van der Waals surface area contributed by atoms with Crippen LogP contribution < -0.4 is 19.1 Å². The Hall–Kier alpha value is -4.05. The van der Waals surface area contributed by atoms with E-state index >= 15 is 0 Å². The maximum atomic E-state index is 13.9. The molecule has 0 bridgehead atoms. The zero-order chi connectivity index (χ0) is 28.6. The number of anilines is 1. The maximum absolute atomic E-state index is 13.9. The Balaban J connectivity index is 2.03. The molecule has 1 N–H and O–H groups in total. The van der Waals surface area contributed by atoms with Gasteiger partial charge in [0.05, 0.1) is 24.8 Å². The summed E-state index contributed by atoms with van der Waals surface area (Å²) in [5, 5.41) is 2.75. The molecule has 9 nitrogen and oxygen atoms in total. The van der Waals surface area contributed by atoms with Gasteiger partial charge >= 0.3 is 0 Å². The summed E-state index contributed by atoms with van der Waals surface area (Å²) in [5.74, 6) is -0.239. The molecular weight excluding hydrogens is 518 g/mol. The fourth-order valence-electron chi connectivity index (χ4n) is 4.02. The highest BCUT2D eigenvalue weighted by Crippen LogP contribution is 2.32. The van der Waals surface area contributed by atoms with Crippen LogP contribution in [0.4, 0.5) is 5.69 Å². The number of rotatable bonds is 12. The number of hydrogen-bond donors (Lipinski definition) is 1. The Kier molecular flexibility index (Phi) is 9.95. The predicted molar refractivity (Wildman–Crippen MR) is 150 cm³/mol. The summed E-state index contributed by atoms with van der Waals surface area (Å²) in [5.41, 5.74) is 2.19. The number of methoxy groups -OCH3 is 2. The quantitative estimate of drug-likeness (QED) is 0.366. The Labute approximate surface area is 230 Å². The molecule has 0 spiro atoms. The van der Waals surface area contributed by atoms with Gasteiger partial charge in [-0.05, 0) is 50.6 Å². The summed E-state index contributed by atoms with van der Waals surface area (Å²) >= 11 is 0. The van der Waals surface area contributed by atoms with Crippen LogP contribution in [0.1, 0.15) is 25.0 Å². The third kappa shape index (κ3) is 7.08. The Morgan fingerprint density at radius 3 is 2.15 bits per heavy atom. The second-order valence-corrected chi connectivity index (χ2v) is 10.8. The number of nitrogens with one attached hydrogen (secondary N) is 1. The van der Waals surface area contributed by atoms with Crippen molar-refractivity contribution in [3.8, 4) is 11.5 Å². The molecule has 3 aromatic carbocycles. The molecule has 208 valence electrons. The van der Waals surface area contributed by atoms with Gasteiger partial charge in [-0.3, -0.25) is 13.9 Å². The molecule has 0 aliphatic heterocycles. The number of carbonyl (C=O) groups is 2. The van der Waals surface area contributed by atoms with Gasteiger partial charge in [0.1, 0.15) is 12.6 Å². The number of nitrogens with zero attached hydrogens (tertiary/aromatic N) is 2. The monoisotopic (exact) mass is 553 g/mol. The number of sulfonamides is 1. The van der Waals surface area contributed by atoms with Crippen LogP contribution in [0.25, 0.3) is 0 Å². The number of para-hydroxylation sites is 1. The maximum Gasteiger partial charge on any atom is 0.264 e. The average Bonchev–Trinajstić information content (AvgIpc) is 2.95. The van der Waals surface area contributed by atoms with Gasteiger partial charge < -0.3 is 19.7 Å². The lowest BCUT2D eigenvalue weighted by Crippen LogP contribution is -2.51. The van der Waals surface area contributed by atoms with E-state index in [1.807, 2.05) is 31.2 Å². The molecule has 0 aromatic heterocycles. The Morgan fingerprint density at radius 1 is 0.923 bits per heavy atom. The SMILES string of the molecule is CCNC(=O)[C@@H](C)N(Cc1ccc(C)cc1)C(=O)CN(c1ccccc1)S(=O)(=O)c1ccc(OC)c(OC)c1. The molecule has 0 unspecified atom stereocenters. The highest BCUT2D eigenvalue weighted by Gasteiger charge is 2.32. The van der Waals surface area contributed by atoms with Gasteiger partial charge in [0.2, 0.25) is 11.8 Å². The summed E-state index contributed by atoms with van der Waals surface area (Å²) in [7, 11) is -1.35. The van der Waals surface area contributed by atoms with Crippen molar-refractivity contribution in [1.29, 1.82) is 0 Å². The lowest BCUT2D eigenvalue weighted by atomic mass is 10.1. The molecule has 0 saturated heterocycles. The zero-order valence-electron chi connectivity index (χ0n) is 22.9. The number of amides is 2. The van der Waals surface area contributed by atoms with Crippen LogP contribution in [0.5, 0.6) is 11.5 Å². The molecule has 0 radical (unpaired) electrons. The number of carbonyl (C=O) groups excluding carboxylic acids is 2. The number of hydrogen-bond acceptors (Lipinski definition) is 6. The standard InChI is InChI=1S/C29H35N3O6S/c1-6-30-29(34)22(3)31(19-23-14-12-21(2)13-15-23)28(33)20-32(24-10-8-7-9-11-24)39(35,36)25-16-17-26(37-4)27(18-25)38-5/h7-18,22H,6,19-20H2,1-5H3,(H,30,34)/t22-/m1/s1.